The van der Waals surface area contributed by atoms with Gasteiger partial charge in [0.1, 0.15) is 0 Å². The van der Waals surface area contributed by atoms with Crippen molar-refractivity contribution in [3.05, 3.63) is 17.5 Å². The lowest BCUT2D eigenvalue weighted by Crippen LogP contribution is -2.41. The first-order chi connectivity index (χ1) is 10.6. The molecule has 0 aromatic carbocycles. The summed E-state index contributed by atoms with van der Waals surface area (Å²) < 4.78 is 2.06. The van der Waals surface area contributed by atoms with Crippen LogP contribution in [0.2, 0.25) is 0 Å². The maximum atomic E-state index is 4.62. The SMILES string of the molecule is CCNC(=NCCCn1nc(C)cc1C)NCCN(C)CC.I. The van der Waals surface area contributed by atoms with Crippen LogP contribution >= 0.6 is 24.0 Å². The molecule has 0 aliphatic rings. The zero-order valence-electron chi connectivity index (χ0n) is 15.2. The lowest BCUT2D eigenvalue weighted by Gasteiger charge is -2.16. The summed E-state index contributed by atoms with van der Waals surface area (Å²) in [5.74, 6) is 0.903. The lowest BCUT2D eigenvalue weighted by atomic mass is 10.4. The number of rotatable bonds is 9. The summed E-state index contributed by atoms with van der Waals surface area (Å²) in [6.45, 7) is 14.0. The highest BCUT2D eigenvalue weighted by Gasteiger charge is 2.01. The maximum absolute atomic E-state index is 4.62. The molecule has 1 aromatic rings. The number of aromatic nitrogens is 2. The van der Waals surface area contributed by atoms with Crippen molar-refractivity contribution >= 4 is 29.9 Å². The summed E-state index contributed by atoms with van der Waals surface area (Å²) in [7, 11) is 2.13. The van der Waals surface area contributed by atoms with E-state index in [1.165, 1.54) is 5.69 Å². The van der Waals surface area contributed by atoms with E-state index in [0.717, 1.165) is 57.3 Å². The van der Waals surface area contributed by atoms with Gasteiger partial charge in [0.2, 0.25) is 0 Å². The number of nitrogens with one attached hydrogen (secondary N) is 2. The Bertz CT molecular complexity index is 457. The van der Waals surface area contributed by atoms with Crippen molar-refractivity contribution in [1.82, 2.24) is 25.3 Å². The molecule has 0 fully saturated rings. The molecular formula is C16H33IN6. The molecule has 0 spiro atoms. The minimum atomic E-state index is 0. The highest BCUT2D eigenvalue weighted by molar-refractivity contribution is 14.0. The molecule has 23 heavy (non-hydrogen) atoms. The van der Waals surface area contributed by atoms with Crippen molar-refractivity contribution in [2.24, 2.45) is 4.99 Å². The Morgan fingerprint density at radius 3 is 2.61 bits per heavy atom. The Morgan fingerprint density at radius 2 is 2.04 bits per heavy atom. The zero-order chi connectivity index (χ0) is 16.4. The van der Waals surface area contributed by atoms with Crippen molar-refractivity contribution in [1.29, 1.82) is 0 Å². The molecule has 134 valence electrons. The summed E-state index contributed by atoms with van der Waals surface area (Å²) in [4.78, 5) is 6.90. The van der Waals surface area contributed by atoms with E-state index in [-0.39, 0.29) is 24.0 Å². The van der Waals surface area contributed by atoms with E-state index in [1.54, 1.807) is 0 Å². The van der Waals surface area contributed by atoms with Gasteiger partial charge in [-0.2, -0.15) is 5.10 Å². The lowest BCUT2D eigenvalue weighted by molar-refractivity contribution is 0.357. The van der Waals surface area contributed by atoms with Gasteiger partial charge in [0, 0.05) is 38.4 Å². The normalized spacial score (nSPS) is 11.5. The molecule has 0 aliphatic carbocycles. The summed E-state index contributed by atoms with van der Waals surface area (Å²) in [5, 5.41) is 11.1. The molecule has 0 saturated carbocycles. The maximum Gasteiger partial charge on any atom is 0.191 e. The van der Waals surface area contributed by atoms with E-state index in [0.29, 0.717) is 0 Å². The fourth-order valence-electron chi connectivity index (χ4n) is 2.18. The van der Waals surface area contributed by atoms with Gasteiger partial charge >= 0.3 is 0 Å². The molecule has 6 nitrogen and oxygen atoms in total. The van der Waals surface area contributed by atoms with Gasteiger partial charge in [-0.15, -0.1) is 24.0 Å². The van der Waals surface area contributed by atoms with Crippen molar-refractivity contribution in [3.8, 4) is 0 Å². The molecule has 0 saturated heterocycles. The zero-order valence-corrected chi connectivity index (χ0v) is 17.6. The molecule has 0 atom stereocenters. The van der Waals surface area contributed by atoms with Crippen molar-refractivity contribution in [2.45, 2.75) is 40.7 Å². The van der Waals surface area contributed by atoms with Gasteiger partial charge in [-0.05, 0) is 46.9 Å². The number of guanidine groups is 1. The largest absolute Gasteiger partial charge is 0.357 e. The predicted octanol–water partition coefficient (Wildman–Crippen LogP) is 2.01. The molecule has 0 amide bonds. The second-order valence-electron chi connectivity index (χ2n) is 5.59. The monoisotopic (exact) mass is 436 g/mol. The second kappa shape index (κ2) is 12.6. The fourth-order valence-corrected chi connectivity index (χ4v) is 2.18. The van der Waals surface area contributed by atoms with Crippen LogP contribution in [-0.2, 0) is 6.54 Å². The van der Waals surface area contributed by atoms with Crippen LogP contribution in [0.1, 0.15) is 31.7 Å². The van der Waals surface area contributed by atoms with E-state index in [1.807, 2.05) is 6.92 Å². The van der Waals surface area contributed by atoms with Crippen LogP contribution in [-0.4, -0.2) is 60.4 Å². The van der Waals surface area contributed by atoms with Crippen LogP contribution in [0, 0.1) is 13.8 Å². The van der Waals surface area contributed by atoms with Gasteiger partial charge in [-0.25, -0.2) is 0 Å². The van der Waals surface area contributed by atoms with Gasteiger partial charge in [0.25, 0.3) is 0 Å². The van der Waals surface area contributed by atoms with Gasteiger partial charge < -0.3 is 15.5 Å². The van der Waals surface area contributed by atoms with Crippen LogP contribution in [0.4, 0.5) is 0 Å². The number of halogens is 1. The van der Waals surface area contributed by atoms with Gasteiger partial charge in [0.15, 0.2) is 5.96 Å². The second-order valence-corrected chi connectivity index (χ2v) is 5.59. The number of likely N-dealkylation sites (N-methyl/N-ethyl adjacent to an activating group) is 1. The van der Waals surface area contributed by atoms with E-state index >= 15 is 0 Å². The van der Waals surface area contributed by atoms with Gasteiger partial charge in [-0.1, -0.05) is 6.92 Å². The number of hydrogen-bond donors (Lipinski definition) is 2. The molecular weight excluding hydrogens is 403 g/mol. The van der Waals surface area contributed by atoms with Crippen molar-refractivity contribution in [3.63, 3.8) is 0 Å². The van der Waals surface area contributed by atoms with E-state index < -0.39 is 0 Å². The molecule has 0 radical (unpaired) electrons. The molecule has 0 unspecified atom stereocenters. The van der Waals surface area contributed by atoms with Crippen molar-refractivity contribution < 1.29 is 0 Å². The third-order valence-corrected chi connectivity index (χ3v) is 3.57. The Hall–Kier alpha value is -0.830. The first-order valence-electron chi connectivity index (χ1n) is 8.28. The molecule has 2 N–H and O–H groups in total. The first-order valence-corrected chi connectivity index (χ1v) is 8.28. The molecule has 7 heteroatoms. The van der Waals surface area contributed by atoms with E-state index in [2.05, 4.69) is 64.2 Å². The number of hydrogen-bond acceptors (Lipinski definition) is 3. The van der Waals surface area contributed by atoms with Gasteiger partial charge in [-0.3, -0.25) is 9.67 Å². The van der Waals surface area contributed by atoms with Crippen LogP contribution < -0.4 is 10.6 Å². The molecule has 1 aromatic heterocycles. The molecule has 0 bridgehead atoms. The highest BCUT2D eigenvalue weighted by atomic mass is 127. The van der Waals surface area contributed by atoms with Crippen LogP contribution in [0.3, 0.4) is 0 Å². The number of aliphatic imine (C=N–C) groups is 1. The number of nitrogens with zero attached hydrogens (tertiary/aromatic N) is 4. The van der Waals surface area contributed by atoms with E-state index in [9.17, 15) is 0 Å². The summed E-state index contributed by atoms with van der Waals surface area (Å²) in [5.41, 5.74) is 2.30. The van der Waals surface area contributed by atoms with Gasteiger partial charge in [0.05, 0.1) is 5.69 Å². The Morgan fingerprint density at radius 1 is 1.30 bits per heavy atom. The molecule has 1 rings (SSSR count). The fraction of sp³-hybridized carbons (Fsp3) is 0.750. The number of aryl methyl sites for hydroxylation is 3. The minimum absolute atomic E-state index is 0. The Kier molecular flexibility index (Phi) is 12.1. The quantitative estimate of drug-likeness (QED) is 0.269. The molecule has 0 aliphatic heterocycles. The third-order valence-electron chi connectivity index (χ3n) is 3.57. The van der Waals surface area contributed by atoms with Crippen molar-refractivity contribution in [2.75, 3.05) is 39.8 Å². The van der Waals surface area contributed by atoms with Crippen LogP contribution in [0.25, 0.3) is 0 Å². The predicted molar refractivity (Wildman–Crippen MR) is 109 cm³/mol. The summed E-state index contributed by atoms with van der Waals surface area (Å²) >= 11 is 0. The first kappa shape index (κ1) is 22.2. The topological polar surface area (TPSA) is 57.5 Å². The minimum Gasteiger partial charge on any atom is -0.357 e. The average Bonchev–Trinajstić information content (AvgIpc) is 2.81. The van der Waals surface area contributed by atoms with E-state index in [4.69, 9.17) is 0 Å². The Balaban J connectivity index is 0.00000484. The average molecular weight is 436 g/mol. The smallest absolute Gasteiger partial charge is 0.191 e. The third kappa shape index (κ3) is 9.14. The van der Waals surface area contributed by atoms with Crippen LogP contribution in [0.5, 0.6) is 0 Å². The standard InChI is InChI=1S/C16H32N6.HI/c1-6-17-16(19-10-12-21(5)7-2)18-9-8-11-22-15(4)13-14(3)20-22;/h13H,6-12H2,1-5H3,(H2,17,18,19);1H. The van der Waals surface area contributed by atoms with Crippen LogP contribution in [0.15, 0.2) is 11.1 Å². The summed E-state index contributed by atoms with van der Waals surface area (Å²) in [6.07, 6.45) is 0.993. The highest BCUT2D eigenvalue weighted by Crippen LogP contribution is 2.02. The Labute approximate surface area is 158 Å². The molecule has 1 heterocycles. The summed E-state index contributed by atoms with van der Waals surface area (Å²) in [6, 6.07) is 2.11.